The molecule has 2 fully saturated rings. The minimum absolute atomic E-state index is 0.00285. The first-order chi connectivity index (χ1) is 12.7. The first-order valence-corrected chi connectivity index (χ1v) is 9.35. The standard InChI is InChI=1S/C19H25N5O2/c1-23-8-4-14(5-9-23)10-17-21-19(26-22-17)16-11-18(25)24(13-16)12-15-2-6-20-7-3-15/h2-3,6-7,14,16H,4-5,8-13H2,1H3. The Morgan fingerprint density at radius 3 is 2.77 bits per heavy atom. The van der Waals surface area contributed by atoms with Crippen molar-refractivity contribution >= 4 is 5.91 Å². The lowest BCUT2D eigenvalue weighted by Gasteiger charge is -2.28. The van der Waals surface area contributed by atoms with Crippen LogP contribution in [0, 0.1) is 5.92 Å². The normalized spacial score (nSPS) is 22.3. The van der Waals surface area contributed by atoms with Gasteiger partial charge in [-0.2, -0.15) is 4.98 Å². The molecule has 1 unspecified atom stereocenters. The maximum atomic E-state index is 12.3. The highest BCUT2D eigenvalue weighted by Crippen LogP contribution is 2.29. The van der Waals surface area contributed by atoms with Gasteiger partial charge in [-0.1, -0.05) is 5.16 Å². The molecular weight excluding hydrogens is 330 g/mol. The summed E-state index contributed by atoms with van der Waals surface area (Å²) in [6.45, 7) is 3.51. The molecule has 1 atom stereocenters. The third kappa shape index (κ3) is 3.93. The number of carbonyl (C=O) groups excluding carboxylic acids is 1. The Kier molecular flexibility index (Phi) is 4.97. The molecule has 4 heterocycles. The largest absolute Gasteiger partial charge is 0.339 e. The van der Waals surface area contributed by atoms with E-state index >= 15 is 0 Å². The van der Waals surface area contributed by atoms with E-state index in [9.17, 15) is 4.79 Å². The quantitative estimate of drug-likeness (QED) is 0.815. The predicted octanol–water partition coefficient (Wildman–Crippen LogP) is 1.86. The topological polar surface area (TPSA) is 75.4 Å². The van der Waals surface area contributed by atoms with Crippen LogP contribution in [-0.2, 0) is 17.8 Å². The molecule has 7 nitrogen and oxygen atoms in total. The van der Waals surface area contributed by atoms with Crippen LogP contribution < -0.4 is 0 Å². The zero-order valence-electron chi connectivity index (χ0n) is 15.2. The second-order valence-electron chi connectivity index (χ2n) is 7.53. The van der Waals surface area contributed by atoms with Gasteiger partial charge in [0.15, 0.2) is 5.82 Å². The molecule has 0 N–H and O–H groups in total. The van der Waals surface area contributed by atoms with Crippen LogP contribution in [0.15, 0.2) is 29.0 Å². The van der Waals surface area contributed by atoms with Gasteiger partial charge in [0.05, 0.1) is 5.92 Å². The third-order valence-electron chi connectivity index (χ3n) is 5.48. The molecule has 4 rings (SSSR count). The summed E-state index contributed by atoms with van der Waals surface area (Å²) >= 11 is 0. The van der Waals surface area contributed by atoms with Crippen LogP contribution in [0.5, 0.6) is 0 Å². The summed E-state index contributed by atoms with van der Waals surface area (Å²) in [6, 6.07) is 3.88. The van der Waals surface area contributed by atoms with Crippen LogP contribution in [-0.4, -0.2) is 57.5 Å². The SMILES string of the molecule is CN1CCC(Cc2noc(C3CC(=O)N(Cc4ccncc4)C3)n2)CC1. The van der Waals surface area contributed by atoms with Crippen molar-refractivity contribution in [1.82, 2.24) is 24.9 Å². The molecule has 2 aromatic heterocycles. The minimum Gasteiger partial charge on any atom is -0.339 e. The van der Waals surface area contributed by atoms with Crippen molar-refractivity contribution in [1.29, 1.82) is 0 Å². The van der Waals surface area contributed by atoms with Crippen molar-refractivity contribution < 1.29 is 9.32 Å². The molecule has 1 amide bonds. The van der Waals surface area contributed by atoms with Gasteiger partial charge in [0, 0.05) is 38.3 Å². The summed E-state index contributed by atoms with van der Waals surface area (Å²) in [5.74, 6) is 2.17. The Hall–Kier alpha value is -2.28. The molecule has 138 valence electrons. The molecule has 0 aliphatic carbocycles. The molecule has 2 aliphatic heterocycles. The van der Waals surface area contributed by atoms with E-state index in [1.54, 1.807) is 12.4 Å². The number of amides is 1. The van der Waals surface area contributed by atoms with Gasteiger partial charge in [0.2, 0.25) is 11.8 Å². The Bertz CT molecular complexity index is 739. The van der Waals surface area contributed by atoms with E-state index in [2.05, 4.69) is 27.1 Å². The first kappa shape index (κ1) is 17.1. The van der Waals surface area contributed by atoms with Crippen molar-refractivity contribution in [3.63, 3.8) is 0 Å². The van der Waals surface area contributed by atoms with E-state index in [0.29, 0.717) is 31.3 Å². The number of carbonyl (C=O) groups is 1. The minimum atomic E-state index is 0.00285. The van der Waals surface area contributed by atoms with Gasteiger partial charge in [0.25, 0.3) is 0 Å². The molecule has 0 spiro atoms. The number of piperidine rings is 1. The average molecular weight is 355 g/mol. The Balaban J connectivity index is 1.35. The van der Waals surface area contributed by atoms with Crippen molar-refractivity contribution in [2.45, 2.75) is 38.1 Å². The highest BCUT2D eigenvalue weighted by molar-refractivity contribution is 5.79. The third-order valence-corrected chi connectivity index (χ3v) is 5.48. The number of rotatable bonds is 5. The summed E-state index contributed by atoms with van der Waals surface area (Å²) in [5.41, 5.74) is 1.09. The Labute approximate surface area is 153 Å². The van der Waals surface area contributed by atoms with Gasteiger partial charge >= 0.3 is 0 Å². The Morgan fingerprint density at radius 1 is 1.23 bits per heavy atom. The van der Waals surface area contributed by atoms with E-state index < -0.39 is 0 Å². The van der Waals surface area contributed by atoms with Gasteiger partial charge < -0.3 is 14.3 Å². The van der Waals surface area contributed by atoms with Gasteiger partial charge in [-0.15, -0.1) is 0 Å². The van der Waals surface area contributed by atoms with Crippen LogP contribution in [0.4, 0.5) is 0 Å². The van der Waals surface area contributed by atoms with Crippen LogP contribution in [0.3, 0.4) is 0 Å². The molecule has 2 aliphatic rings. The zero-order chi connectivity index (χ0) is 17.9. The average Bonchev–Trinajstić information content (AvgIpc) is 3.25. The monoisotopic (exact) mass is 355 g/mol. The summed E-state index contributed by atoms with van der Waals surface area (Å²) in [5, 5.41) is 4.17. The summed E-state index contributed by atoms with van der Waals surface area (Å²) in [7, 11) is 2.16. The van der Waals surface area contributed by atoms with Crippen LogP contribution >= 0.6 is 0 Å². The van der Waals surface area contributed by atoms with Gasteiger partial charge in [0.1, 0.15) is 0 Å². The van der Waals surface area contributed by atoms with Crippen molar-refractivity contribution in [2.75, 3.05) is 26.7 Å². The Morgan fingerprint density at radius 2 is 2.00 bits per heavy atom. The lowest BCUT2D eigenvalue weighted by molar-refractivity contribution is -0.128. The second-order valence-corrected chi connectivity index (χ2v) is 7.53. The number of aromatic nitrogens is 3. The number of hydrogen-bond donors (Lipinski definition) is 0. The van der Waals surface area contributed by atoms with E-state index in [1.807, 2.05) is 17.0 Å². The maximum Gasteiger partial charge on any atom is 0.232 e. The predicted molar refractivity (Wildman–Crippen MR) is 95.2 cm³/mol. The van der Waals surface area contributed by atoms with E-state index in [4.69, 9.17) is 4.52 Å². The number of hydrogen-bond acceptors (Lipinski definition) is 6. The lowest BCUT2D eigenvalue weighted by Crippen LogP contribution is -2.31. The fraction of sp³-hybridized carbons (Fsp3) is 0.579. The summed E-state index contributed by atoms with van der Waals surface area (Å²) in [4.78, 5) is 25.2. The fourth-order valence-corrected chi connectivity index (χ4v) is 3.84. The van der Waals surface area contributed by atoms with Gasteiger partial charge in [-0.25, -0.2) is 0 Å². The van der Waals surface area contributed by atoms with Crippen molar-refractivity contribution in [3.8, 4) is 0 Å². The maximum absolute atomic E-state index is 12.3. The number of pyridine rings is 1. The van der Waals surface area contributed by atoms with Crippen LogP contribution in [0.25, 0.3) is 0 Å². The molecular formula is C19H25N5O2. The molecule has 0 bridgehead atoms. The lowest BCUT2D eigenvalue weighted by atomic mass is 9.93. The molecule has 0 radical (unpaired) electrons. The van der Waals surface area contributed by atoms with Crippen molar-refractivity contribution in [2.24, 2.45) is 5.92 Å². The summed E-state index contributed by atoms with van der Waals surface area (Å²) < 4.78 is 5.50. The molecule has 7 heteroatoms. The number of nitrogens with zero attached hydrogens (tertiary/aromatic N) is 5. The molecule has 0 aromatic carbocycles. The first-order valence-electron chi connectivity index (χ1n) is 9.35. The van der Waals surface area contributed by atoms with Gasteiger partial charge in [-0.05, 0) is 56.6 Å². The molecule has 2 saturated heterocycles. The van der Waals surface area contributed by atoms with Gasteiger partial charge in [-0.3, -0.25) is 9.78 Å². The fourth-order valence-electron chi connectivity index (χ4n) is 3.84. The van der Waals surface area contributed by atoms with Crippen molar-refractivity contribution in [3.05, 3.63) is 41.8 Å². The van der Waals surface area contributed by atoms with E-state index in [0.717, 1.165) is 30.9 Å². The zero-order valence-corrected chi connectivity index (χ0v) is 15.2. The molecule has 0 saturated carbocycles. The van der Waals surface area contributed by atoms with E-state index in [-0.39, 0.29) is 11.8 Å². The smallest absolute Gasteiger partial charge is 0.232 e. The molecule has 2 aromatic rings. The van der Waals surface area contributed by atoms with E-state index in [1.165, 1.54) is 12.8 Å². The second kappa shape index (κ2) is 7.53. The highest BCUT2D eigenvalue weighted by Gasteiger charge is 2.34. The summed E-state index contributed by atoms with van der Waals surface area (Å²) in [6.07, 6.45) is 7.19. The highest BCUT2D eigenvalue weighted by atomic mass is 16.5. The van der Waals surface area contributed by atoms with Crippen LogP contribution in [0.1, 0.15) is 42.5 Å². The number of likely N-dealkylation sites (tertiary alicyclic amines) is 2. The van der Waals surface area contributed by atoms with Crippen LogP contribution in [0.2, 0.25) is 0 Å². The molecule has 26 heavy (non-hydrogen) atoms.